The van der Waals surface area contributed by atoms with E-state index in [2.05, 4.69) is 62.5 Å². The Morgan fingerprint density at radius 1 is 1.00 bits per heavy atom. The van der Waals surface area contributed by atoms with Gasteiger partial charge in [-0.15, -0.1) is 0 Å². The summed E-state index contributed by atoms with van der Waals surface area (Å²) in [5.74, 6) is 0.845. The number of imidazole rings is 1. The molecular formula is C28H28N6O. The van der Waals surface area contributed by atoms with E-state index in [4.69, 9.17) is 4.98 Å². The maximum absolute atomic E-state index is 12.9. The van der Waals surface area contributed by atoms with Gasteiger partial charge in [0.05, 0.1) is 27.7 Å². The summed E-state index contributed by atoms with van der Waals surface area (Å²) in [7, 11) is 4.09. The molecule has 0 atom stereocenters. The number of likely N-dealkylation sites (N-methyl/N-ethyl adjacent to an activating group) is 1. The Labute approximate surface area is 203 Å². The van der Waals surface area contributed by atoms with E-state index >= 15 is 0 Å². The van der Waals surface area contributed by atoms with Gasteiger partial charge in [-0.2, -0.15) is 5.10 Å². The Hall–Kier alpha value is -4.13. The van der Waals surface area contributed by atoms with Gasteiger partial charge < -0.3 is 14.8 Å². The first-order valence-electron chi connectivity index (χ1n) is 11.9. The van der Waals surface area contributed by atoms with Gasteiger partial charge in [-0.25, -0.2) is 4.98 Å². The first kappa shape index (κ1) is 21.4. The standard InChI is InChI=1S/C28H28N6O/c1-6-34-24-15-23-22(14-20(24)28(2,3)27(34)35)29-26(30-23)25-19-11-10-17(13-21(19)31-32-25)16-8-7-9-18(12-16)33(4)5/h7-15H,6H2,1-5H3,(H,29,30)(H,31,32). The number of aromatic amines is 2. The zero-order chi connectivity index (χ0) is 24.5. The van der Waals surface area contributed by atoms with E-state index < -0.39 is 5.41 Å². The van der Waals surface area contributed by atoms with Crippen LogP contribution < -0.4 is 9.80 Å². The lowest BCUT2D eigenvalue weighted by Crippen LogP contribution is -2.35. The third-order valence-electron chi connectivity index (χ3n) is 7.14. The lowest BCUT2D eigenvalue weighted by atomic mass is 9.86. The normalized spacial score (nSPS) is 14.8. The lowest BCUT2D eigenvalue weighted by Gasteiger charge is -2.18. The van der Waals surface area contributed by atoms with Crippen LogP contribution in [0, 0.1) is 0 Å². The summed E-state index contributed by atoms with van der Waals surface area (Å²) in [4.78, 5) is 25.1. The van der Waals surface area contributed by atoms with Gasteiger partial charge >= 0.3 is 0 Å². The molecule has 176 valence electrons. The Balaban J connectivity index is 1.42. The summed E-state index contributed by atoms with van der Waals surface area (Å²) < 4.78 is 0. The number of hydrogen-bond acceptors (Lipinski definition) is 4. The lowest BCUT2D eigenvalue weighted by molar-refractivity contribution is -0.122. The van der Waals surface area contributed by atoms with E-state index in [-0.39, 0.29) is 5.91 Å². The highest BCUT2D eigenvalue weighted by Gasteiger charge is 2.43. The van der Waals surface area contributed by atoms with Gasteiger partial charge in [0, 0.05) is 31.7 Å². The molecule has 1 aliphatic rings. The molecule has 1 amide bonds. The van der Waals surface area contributed by atoms with Crippen LogP contribution in [0.3, 0.4) is 0 Å². The molecule has 0 aliphatic carbocycles. The zero-order valence-electron chi connectivity index (χ0n) is 20.6. The molecule has 2 N–H and O–H groups in total. The minimum Gasteiger partial charge on any atom is -0.378 e. The molecule has 0 spiro atoms. The van der Waals surface area contributed by atoms with Gasteiger partial charge in [-0.3, -0.25) is 9.89 Å². The van der Waals surface area contributed by atoms with Crippen LogP contribution in [0.5, 0.6) is 0 Å². The van der Waals surface area contributed by atoms with Crippen LogP contribution in [-0.4, -0.2) is 46.7 Å². The predicted molar refractivity (Wildman–Crippen MR) is 142 cm³/mol. The summed E-state index contributed by atoms with van der Waals surface area (Å²) in [6.45, 7) is 6.62. The number of anilines is 2. The monoisotopic (exact) mass is 464 g/mol. The smallest absolute Gasteiger partial charge is 0.237 e. The second-order valence-corrected chi connectivity index (χ2v) is 9.92. The average molecular weight is 465 g/mol. The van der Waals surface area contributed by atoms with Crippen molar-refractivity contribution in [2.75, 3.05) is 30.4 Å². The fourth-order valence-electron chi connectivity index (χ4n) is 5.10. The summed E-state index contributed by atoms with van der Waals surface area (Å²) in [5.41, 5.74) is 8.35. The van der Waals surface area contributed by atoms with Crippen molar-refractivity contribution in [1.29, 1.82) is 0 Å². The Bertz CT molecular complexity index is 1620. The largest absolute Gasteiger partial charge is 0.378 e. The number of benzene rings is 3. The fourth-order valence-corrected chi connectivity index (χ4v) is 5.10. The van der Waals surface area contributed by atoms with E-state index in [0.717, 1.165) is 55.7 Å². The van der Waals surface area contributed by atoms with Crippen molar-refractivity contribution in [2.24, 2.45) is 0 Å². The number of carbonyl (C=O) groups is 1. The van der Waals surface area contributed by atoms with Gasteiger partial charge in [0.25, 0.3) is 0 Å². The molecule has 35 heavy (non-hydrogen) atoms. The maximum atomic E-state index is 12.9. The number of fused-ring (bicyclic) bond motifs is 3. The second kappa shape index (κ2) is 7.43. The molecule has 0 saturated carbocycles. The molecule has 3 aromatic carbocycles. The Morgan fingerprint density at radius 2 is 1.80 bits per heavy atom. The molecule has 3 heterocycles. The third kappa shape index (κ3) is 3.15. The molecule has 0 fully saturated rings. The molecular weight excluding hydrogens is 436 g/mol. The summed E-state index contributed by atoms with van der Waals surface area (Å²) >= 11 is 0. The van der Waals surface area contributed by atoms with E-state index in [0.29, 0.717) is 12.4 Å². The molecule has 5 aromatic rings. The molecule has 7 heteroatoms. The first-order chi connectivity index (χ1) is 16.8. The number of carbonyl (C=O) groups excluding carboxylic acids is 1. The molecule has 0 saturated heterocycles. The van der Waals surface area contributed by atoms with Crippen molar-refractivity contribution in [2.45, 2.75) is 26.2 Å². The number of nitrogens with zero attached hydrogens (tertiary/aromatic N) is 4. The zero-order valence-corrected chi connectivity index (χ0v) is 20.6. The molecule has 0 radical (unpaired) electrons. The highest BCUT2D eigenvalue weighted by atomic mass is 16.2. The summed E-state index contributed by atoms with van der Waals surface area (Å²) in [5, 5.41) is 8.80. The van der Waals surface area contributed by atoms with Crippen LogP contribution in [0.4, 0.5) is 11.4 Å². The second-order valence-electron chi connectivity index (χ2n) is 9.92. The van der Waals surface area contributed by atoms with Gasteiger partial charge in [0.2, 0.25) is 5.91 Å². The predicted octanol–water partition coefficient (Wildman–Crippen LogP) is 5.48. The number of hydrogen-bond donors (Lipinski definition) is 2. The van der Waals surface area contributed by atoms with Gasteiger partial charge in [-0.05, 0) is 73.9 Å². The number of aromatic nitrogens is 4. The van der Waals surface area contributed by atoms with Crippen LogP contribution in [0.1, 0.15) is 26.3 Å². The SMILES string of the molecule is CCN1C(=O)C(C)(C)c2cc3nc(-c4n[nH]c5cc(-c6cccc(N(C)C)c6)ccc45)[nH]c3cc21. The minimum absolute atomic E-state index is 0.132. The average Bonchev–Trinajstić information content (AvgIpc) is 3.51. The van der Waals surface area contributed by atoms with Gasteiger partial charge in [0.1, 0.15) is 5.69 Å². The highest BCUT2D eigenvalue weighted by Crippen LogP contribution is 2.43. The van der Waals surface area contributed by atoms with Crippen LogP contribution in [0.2, 0.25) is 0 Å². The van der Waals surface area contributed by atoms with Crippen LogP contribution in [0.15, 0.2) is 54.6 Å². The van der Waals surface area contributed by atoms with Crippen LogP contribution in [0.25, 0.3) is 44.6 Å². The van der Waals surface area contributed by atoms with Gasteiger partial charge in [-0.1, -0.05) is 18.2 Å². The molecule has 2 aromatic heterocycles. The third-order valence-corrected chi connectivity index (χ3v) is 7.14. The van der Waals surface area contributed by atoms with E-state index in [1.165, 1.54) is 0 Å². The first-order valence-corrected chi connectivity index (χ1v) is 11.9. The topological polar surface area (TPSA) is 80.9 Å². The Kier molecular flexibility index (Phi) is 4.55. The summed E-state index contributed by atoms with van der Waals surface area (Å²) in [6.07, 6.45) is 0. The van der Waals surface area contributed by atoms with Crippen molar-refractivity contribution in [3.05, 3.63) is 60.2 Å². The Morgan fingerprint density at radius 3 is 2.57 bits per heavy atom. The number of amides is 1. The highest BCUT2D eigenvalue weighted by molar-refractivity contribution is 6.09. The van der Waals surface area contributed by atoms with E-state index in [1.807, 2.05) is 51.9 Å². The van der Waals surface area contributed by atoms with E-state index in [9.17, 15) is 4.79 Å². The van der Waals surface area contributed by atoms with Crippen molar-refractivity contribution < 1.29 is 4.79 Å². The number of nitrogens with one attached hydrogen (secondary N) is 2. The van der Waals surface area contributed by atoms with Crippen LogP contribution >= 0.6 is 0 Å². The molecule has 7 nitrogen and oxygen atoms in total. The maximum Gasteiger partial charge on any atom is 0.237 e. The van der Waals surface area contributed by atoms with E-state index in [1.54, 1.807) is 0 Å². The molecule has 0 bridgehead atoms. The van der Waals surface area contributed by atoms with Crippen molar-refractivity contribution in [3.63, 3.8) is 0 Å². The number of H-pyrrole nitrogens is 2. The molecule has 0 unspecified atom stereocenters. The van der Waals surface area contributed by atoms with Crippen molar-refractivity contribution in [1.82, 2.24) is 20.2 Å². The van der Waals surface area contributed by atoms with Crippen LogP contribution in [-0.2, 0) is 10.2 Å². The molecule has 6 rings (SSSR count). The van der Waals surface area contributed by atoms with Crippen molar-refractivity contribution in [3.8, 4) is 22.6 Å². The number of rotatable bonds is 4. The quantitative estimate of drug-likeness (QED) is 0.369. The molecule has 1 aliphatic heterocycles. The van der Waals surface area contributed by atoms with Gasteiger partial charge in [0.15, 0.2) is 5.82 Å². The minimum atomic E-state index is -0.558. The van der Waals surface area contributed by atoms with Crippen molar-refractivity contribution >= 4 is 39.2 Å². The fraction of sp³-hybridized carbons (Fsp3) is 0.250. The summed E-state index contributed by atoms with van der Waals surface area (Å²) in [6, 6.07) is 18.9.